The van der Waals surface area contributed by atoms with Crippen molar-refractivity contribution in [1.29, 1.82) is 0 Å². The van der Waals surface area contributed by atoms with Crippen LogP contribution in [0.25, 0.3) is 0 Å². The Morgan fingerprint density at radius 3 is 2.37 bits per heavy atom. The molecule has 106 valence electrons. The van der Waals surface area contributed by atoms with Crippen molar-refractivity contribution in [1.82, 2.24) is 4.90 Å². The highest BCUT2D eigenvalue weighted by Crippen LogP contribution is 2.29. The molecule has 2 heteroatoms. The van der Waals surface area contributed by atoms with Gasteiger partial charge in [-0.2, -0.15) is 0 Å². The zero-order chi connectivity index (χ0) is 13.8. The molecule has 2 atom stereocenters. The predicted octanol–water partition coefficient (Wildman–Crippen LogP) is 3.54. The Bertz CT molecular complexity index is 383. The van der Waals surface area contributed by atoms with E-state index in [2.05, 4.69) is 37.8 Å². The number of rotatable bonds is 6. The first-order chi connectivity index (χ1) is 9.11. The molecule has 0 spiro atoms. The summed E-state index contributed by atoms with van der Waals surface area (Å²) in [5.41, 5.74) is 2.27. The molecule has 0 bridgehead atoms. The van der Waals surface area contributed by atoms with Crippen molar-refractivity contribution < 1.29 is 5.11 Å². The molecule has 0 saturated heterocycles. The summed E-state index contributed by atoms with van der Waals surface area (Å²) in [7, 11) is 0. The van der Waals surface area contributed by atoms with Crippen LogP contribution in [-0.2, 0) is 0 Å². The molecular weight excluding hydrogens is 234 g/mol. The molecule has 1 aromatic carbocycles. The van der Waals surface area contributed by atoms with Crippen LogP contribution in [0.4, 0.5) is 0 Å². The Kier molecular flexibility index (Phi) is 5.00. The van der Waals surface area contributed by atoms with Gasteiger partial charge in [0.15, 0.2) is 0 Å². The Labute approximate surface area is 117 Å². The van der Waals surface area contributed by atoms with Gasteiger partial charge < -0.3 is 5.11 Å². The van der Waals surface area contributed by atoms with Crippen molar-refractivity contribution in [3.05, 3.63) is 35.4 Å². The first-order valence-corrected chi connectivity index (χ1v) is 7.60. The second-order valence-electron chi connectivity index (χ2n) is 5.98. The Balaban J connectivity index is 1.98. The molecule has 19 heavy (non-hydrogen) atoms. The van der Waals surface area contributed by atoms with Gasteiger partial charge in [-0.15, -0.1) is 0 Å². The van der Waals surface area contributed by atoms with E-state index in [-0.39, 0.29) is 12.1 Å². The Morgan fingerprint density at radius 1 is 1.26 bits per heavy atom. The van der Waals surface area contributed by atoms with E-state index < -0.39 is 0 Å². The monoisotopic (exact) mass is 261 g/mol. The molecule has 0 amide bonds. The van der Waals surface area contributed by atoms with Gasteiger partial charge >= 0.3 is 0 Å². The normalized spacial score (nSPS) is 19.2. The molecule has 2 rings (SSSR count). The molecule has 1 fully saturated rings. The maximum atomic E-state index is 10.5. The van der Waals surface area contributed by atoms with Gasteiger partial charge in [0.1, 0.15) is 0 Å². The van der Waals surface area contributed by atoms with Crippen LogP contribution in [0.3, 0.4) is 0 Å². The summed E-state index contributed by atoms with van der Waals surface area (Å²) >= 11 is 0. The quantitative estimate of drug-likeness (QED) is 0.846. The van der Waals surface area contributed by atoms with E-state index in [0.29, 0.717) is 0 Å². The summed E-state index contributed by atoms with van der Waals surface area (Å²) in [6.07, 6.45) is 3.73. The molecule has 1 aliphatic carbocycles. The molecule has 0 heterocycles. The first kappa shape index (κ1) is 14.5. The molecule has 2 unspecified atom stereocenters. The van der Waals surface area contributed by atoms with Gasteiger partial charge in [0, 0.05) is 12.6 Å². The second-order valence-corrected chi connectivity index (χ2v) is 5.98. The first-order valence-electron chi connectivity index (χ1n) is 7.60. The lowest BCUT2D eigenvalue weighted by Crippen LogP contribution is -2.41. The highest BCUT2D eigenvalue weighted by Gasteiger charge is 2.26. The van der Waals surface area contributed by atoms with Crippen molar-refractivity contribution in [2.45, 2.75) is 52.2 Å². The lowest BCUT2D eigenvalue weighted by molar-refractivity contribution is 0.0428. The molecular formula is C17H27NO. The Morgan fingerprint density at radius 2 is 1.89 bits per heavy atom. The van der Waals surface area contributed by atoms with E-state index in [9.17, 15) is 5.11 Å². The van der Waals surface area contributed by atoms with Crippen LogP contribution < -0.4 is 0 Å². The average Bonchev–Trinajstić information content (AvgIpc) is 2.37. The number of likely N-dealkylation sites (N-methyl/N-ethyl adjacent to an activating group) is 1. The van der Waals surface area contributed by atoms with Crippen molar-refractivity contribution in [3.63, 3.8) is 0 Å². The van der Waals surface area contributed by atoms with Gasteiger partial charge in [-0.1, -0.05) is 43.2 Å². The number of aryl methyl sites for hydroxylation is 1. The molecule has 0 radical (unpaired) electrons. The van der Waals surface area contributed by atoms with E-state index in [0.717, 1.165) is 24.6 Å². The van der Waals surface area contributed by atoms with Crippen molar-refractivity contribution in [2.24, 2.45) is 5.92 Å². The fourth-order valence-corrected chi connectivity index (χ4v) is 2.83. The summed E-state index contributed by atoms with van der Waals surface area (Å²) in [6.45, 7) is 8.57. The number of hydrogen-bond donors (Lipinski definition) is 1. The number of nitrogens with zero attached hydrogens (tertiary/aromatic N) is 1. The van der Waals surface area contributed by atoms with Crippen molar-refractivity contribution in [2.75, 3.05) is 13.1 Å². The van der Waals surface area contributed by atoms with Crippen molar-refractivity contribution >= 4 is 0 Å². The fraction of sp³-hybridized carbons (Fsp3) is 0.647. The van der Waals surface area contributed by atoms with Gasteiger partial charge in [-0.25, -0.2) is 0 Å². The minimum absolute atomic E-state index is 0.188. The molecule has 1 aliphatic rings. The van der Waals surface area contributed by atoms with E-state index in [1.54, 1.807) is 0 Å². The van der Waals surface area contributed by atoms with Crippen molar-refractivity contribution in [3.8, 4) is 0 Å². The maximum Gasteiger partial charge on any atom is 0.0942 e. The third kappa shape index (κ3) is 3.58. The summed E-state index contributed by atoms with van der Waals surface area (Å²) in [5.74, 6) is 0.854. The molecule has 1 aromatic rings. The molecule has 0 aromatic heterocycles. The second kappa shape index (κ2) is 6.53. The molecule has 1 saturated carbocycles. The third-order valence-corrected chi connectivity index (χ3v) is 4.58. The SMILES string of the molecule is CCN(CC1CCC1)C(C)C(O)c1ccc(C)cc1. The van der Waals surface area contributed by atoms with E-state index in [1.807, 2.05) is 12.1 Å². The zero-order valence-corrected chi connectivity index (χ0v) is 12.5. The fourth-order valence-electron chi connectivity index (χ4n) is 2.83. The predicted molar refractivity (Wildman–Crippen MR) is 80.2 cm³/mol. The molecule has 0 aliphatic heterocycles. The number of benzene rings is 1. The topological polar surface area (TPSA) is 23.5 Å². The van der Waals surface area contributed by atoms with Gasteiger partial charge in [0.2, 0.25) is 0 Å². The summed E-state index contributed by atoms with van der Waals surface area (Å²) in [6, 6.07) is 8.44. The van der Waals surface area contributed by atoms with Crippen LogP contribution in [0.15, 0.2) is 24.3 Å². The van der Waals surface area contributed by atoms with Crippen LogP contribution in [0.5, 0.6) is 0 Å². The summed E-state index contributed by atoms with van der Waals surface area (Å²) < 4.78 is 0. The minimum Gasteiger partial charge on any atom is -0.387 e. The number of hydrogen-bond acceptors (Lipinski definition) is 2. The lowest BCUT2D eigenvalue weighted by atomic mass is 9.84. The highest BCUT2D eigenvalue weighted by atomic mass is 16.3. The minimum atomic E-state index is -0.388. The van der Waals surface area contributed by atoms with Gasteiger partial charge in [0.25, 0.3) is 0 Å². The molecule has 1 N–H and O–H groups in total. The third-order valence-electron chi connectivity index (χ3n) is 4.58. The van der Waals surface area contributed by atoms with Gasteiger partial charge in [-0.05, 0) is 44.7 Å². The van der Waals surface area contributed by atoms with Crippen LogP contribution in [0.1, 0.15) is 50.3 Å². The smallest absolute Gasteiger partial charge is 0.0942 e. The molecule has 2 nitrogen and oxygen atoms in total. The van der Waals surface area contributed by atoms with Crippen LogP contribution in [-0.4, -0.2) is 29.1 Å². The number of aliphatic hydroxyl groups is 1. The van der Waals surface area contributed by atoms with E-state index in [4.69, 9.17) is 0 Å². The van der Waals surface area contributed by atoms with E-state index >= 15 is 0 Å². The maximum absolute atomic E-state index is 10.5. The summed E-state index contributed by atoms with van der Waals surface area (Å²) in [4.78, 5) is 2.42. The van der Waals surface area contributed by atoms with E-state index in [1.165, 1.54) is 24.8 Å². The zero-order valence-electron chi connectivity index (χ0n) is 12.5. The lowest BCUT2D eigenvalue weighted by Gasteiger charge is -2.37. The van der Waals surface area contributed by atoms with Crippen LogP contribution >= 0.6 is 0 Å². The summed E-state index contributed by atoms with van der Waals surface area (Å²) in [5, 5.41) is 10.5. The number of aliphatic hydroxyl groups excluding tert-OH is 1. The standard InChI is InChI=1S/C17H27NO/c1-4-18(12-15-6-5-7-15)14(3)17(19)16-10-8-13(2)9-11-16/h8-11,14-15,17,19H,4-7,12H2,1-3H3. The van der Waals surface area contributed by atoms with Gasteiger partial charge in [0.05, 0.1) is 6.10 Å². The average molecular weight is 261 g/mol. The van der Waals surface area contributed by atoms with Crippen LogP contribution in [0.2, 0.25) is 0 Å². The van der Waals surface area contributed by atoms with Gasteiger partial charge in [-0.3, -0.25) is 4.90 Å². The highest BCUT2D eigenvalue weighted by molar-refractivity contribution is 5.24. The Hall–Kier alpha value is -0.860. The largest absolute Gasteiger partial charge is 0.387 e. The van der Waals surface area contributed by atoms with Crippen LogP contribution in [0, 0.1) is 12.8 Å².